The van der Waals surface area contributed by atoms with E-state index in [-0.39, 0.29) is 0 Å². The molecule has 0 amide bonds. The third-order valence-electron chi connectivity index (χ3n) is 2.21. The van der Waals surface area contributed by atoms with Crippen LogP contribution in [0.15, 0.2) is 53.5 Å². The van der Waals surface area contributed by atoms with E-state index in [9.17, 15) is 0 Å². The summed E-state index contributed by atoms with van der Waals surface area (Å²) in [5, 5.41) is 0.709. The van der Waals surface area contributed by atoms with Gasteiger partial charge < -0.3 is 4.74 Å². The number of hydrogen-bond acceptors (Lipinski definition) is 2. The summed E-state index contributed by atoms with van der Waals surface area (Å²) < 4.78 is 5.37. The molecule has 1 heterocycles. The van der Waals surface area contributed by atoms with E-state index >= 15 is 0 Å². The molecule has 2 nitrogen and oxygen atoms in total. The molecule has 90 valence electrons. The van der Waals surface area contributed by atoms with Gasteiger partial charge in [-0.25, -0.2) is 0 Å². The predicted molar refractivity (Wildman–Crippen MR) is 72.6 cm³/mol. The number of pyridine rings is 1. The summed E-state index contributed by atoms with van der Waals surface area (Å²) in [5.41, 5.74) is 2.01. The van der Waals surface area contributed by atoms with Gasteiger partial charge in [-0.15, -0.1) is 0 Å². The lowest BCUT2D eigenvalue weighted by molar-refractivity contribution is 0.311. The topological polar surface area (TPSA) is 22.1 Å². The van der Waals surface area contributed by atoms with Crippen molar-refractivity contribution in [2.75, 3.05) is 7.11 Å². The first-order valence-electron chi connectivity index (χ1n) is 5.34. The highest BCUT2D eigenvalue weighted by molar-refractivity contribution is 6.29. The fourth-order valence-corrected chi connectivity index (χ4v) is 1.49. The predicted octanol–water partition coefficient (Wildman–Crippen LogP) is 4.16. The molecule has 0 aliphatic rings. The highest BCUT2D eigenvalue weighted by atomic mass is 35.5. The van der Waals surface area contributed by atoms with Crippen molar-refractivity contribution in [2.24, 2.45) is 0 Å². The lowest BCUT2D eigenvalue weighted by Crippen LogP contribution is -1.93. The van der Waals surface area contributed by atoms with Gasteiger partial charge in [0.2, 0.25) is 0 Å². The Kier molecular flexibility index (Phi) is 5.50. The van der Waals surface area contributed by atoms with Crippen molar-refractivity contribution in [3.8, 4) is 0 Å². The van der Waals surface area contributed by atoms with Gasteiger partial charge in [0, 0.05) is 28.6 Å². The van der Waals surface area contributed by atoms with Gasteiger partial charge in [-0.3, -0.25) is 4.98 Å². The Balaban J connectivity index is 3.10. The first-order chi connectivity index (χ1) is 8.19. The van der Waals surface area contributed by atoms with Crippen LogP contribution in [0.5, 0.6) is 0 Å². The molecule has 1 aromatic heterocycles. The van der Waals surface area contributed by atoms with E-state index in [1.807, 2.05) is 38.1 Å². The molecule has 1 aromatic rings. The molecular formula is C14H16ClNO. The average Bonchev–Trinajstić information content (AvgIpc) is 2.35. The van der Waals surface area contributed by atoms with Crippen LogP contribution in [0.3, 0.4) is 0 Å². The van der Waals surface area contributed by atoms with Crippen molar-refractivity contribution < 1.29 is 4.74 Å². The van der Waals surface area contributed by atoms with Crippen molar-refractivity contribution in [3.05, 3.63) is 59.1 Å². The highest BCUT2D eigenvalue weighted by Gasteiger charge is 2.06. The van der Waals surface area contributed by atoms with Crippen LogP contribution in [0.25, 0.3) is 5.57 Å². The van der Waals surface area contributed by atoms with Gasteiger partial charge in [0.1, 0.15) is 5.76 Å². The second-order valence-electron chi connectivity index (χ2n) is 3.43. The standard InChI is InChI=1S/C14H16ClNO/c1-4-13(12-6-5-9-16-10-12)14(17-3)8-7-11(2)15/h4-10H,1-3H3/b11-7+,13-4+,14-8+. The molecule has 0 bridgehead atoms. The summed E-state index contributed by atoms with van der Waals surface area (Å²) >= 11 is 5.80. The fraction of sp³-hybridized carbons (Fsp3) is 0.214. The molecule has 0 fully saturated rings. The maximum absolute atomic E-state index is 5.80. The molecule has 0 saturated carbocycles. The molecule has 0 aliphatic carbocycles. The maximum atomic E-state index is 5.80. The number of nitrogens with zero attached hydrogens (tertiary/aromatic N) is 1. The van der Waals surface area contributed by atoms with Crippen LogP contribution < -0.4 is 0 Å². The lowest BCUT2D eigenvalue weighted by atomic mass is 10.1. The quantitative estimate of drug-likeness (QED) is 0.591. The molecule has 0 spiro atoms. The maximum Gasteiger partial charge on any atom is 0.126 e. The van der Waals surface area contributed by atoms with Crippen molar-refractivity contribution in [1.29, 1.82) is 0 Å². The lowest BCUT2D eigenvalue weighted by Gasteiger charge is -2.10. The van der Waals surface area contributed by atoms with E-state index < -0.39 is 0 Å². The molecule has 0 radical (unpaired) electrons. The molecule has 3 heteroatoms. The van der Waals surface area contributed by atoms with Crippen molar-refractivity contribution in [3.63, 3.8) is 0 Å². The Bertz CT molecular complexity index is 443. The molecule has 17 heavy (non-hydrogen) atoms. The average molecular weight is 250 g/mol. The largest absolute Gasteiger partial charge is 0.496 e. The summed E-state index contributed by atoms with van der Waals surface area (Å²) in [7, 11) is 1.64. The van der Waals surface area contributed by atoms with Crippen LogP contribution in [0, 0.1) is 0 Å². The monoisotopic (exact) mass is 249 g/mol. The SMILES string of the molecule is C/C=C(/C(=C\C=C(/C)Cl)OC)c1cccnc1. The van der Waals surface area contributed by atoms with Gasteiger partial charge in [0.15, 0.2) is 0 Å². The van der Waals surface area contributed by atoms with E-state index in [1.165, 1.54) is 0 Å². The van der Waals surface area contributed by atoms with E-state index in [0.29, 0.717) is 5.03 Å². The second kappa shape index (κ2) is 6.92. The summed E-state index contributed by atoms with van der Waals surface area (Å²) in [4.78, 5) is 4.10. The molecule has 0 unspecified atom stereocenters. The Labute approximate surface area is 107 Å². The third kappa shape index (κ3) is 4.08. The summed E-state index contributed by atoms with van der Waals surface area (Å²) in [5.74, 6) is 0.764. The van der Waals surface area contributed by atoms with E-state index in [0.717, 1.165) is 16.9 Å². The Morgan fingerprint density at radius 1 is 1.41 bits per heavy atom. The van der Waals surface area contributed by atoms with Crippen molar-refractivity contribution >= 4 is 17.2 Å². The van der Waals surface area contributed by atoms with Gasteiger partial charge in [0.25, 0.3) is 0 Å². The molecular weight excluding hydrogens is 234 g/mol. The number of rotatable bonds is 4. The number of ether oxygens (including phenoxy) is 1. The molecule has 0 aromatic carbocycles. The van der Waals surface area contributed by atoms with E-state index in [4.69, 9.17) is 16.3 Å². The van der Waals surface area contributed by atoms with Crippen molar-refractivity contribution in [2.45, 2.75) is 13.8 Å². The molecule has 1 rings (SSSR count). The summed E-state index contributed by atoms with van der Waals surface area (Å²) in [6.07, 6.45) is 9.20. The normalized spacial score (nSPS) is 13.8. The van der Waals surface area contributed by atoms with Gasteiger partial charge in [-0.2, -0.15) is 0 Å². The first-order valence-corrected chi connectivity index (χ1v) is 5.72. The van der Waals surface area contributed by atoms with E-state index in [1.54, 1.807) is 25.6 Å². The molecule has 0 aliphatic heterocycles. The Hall–Kier alpha value is -1.54. The van der Waals surface area contributed by atoms with Gasteiger partial charge in [-0.1, -0.05) is 23.7 Å². The summed E-state index contributed by atoms with van der Waals surface area (Å²) in [6.45, 7) is 3.79. The number of hydrogen-bond donors (Lipinski definition) is 0. The number of halogens is 1. The second-order valence-corrected chi connectivity index (χ2v) is 4.03. The van der Waals surface area contributed by atoms with Crippen LogP contribution >= 0.6 is 11.6 Å². The van der Waals surface area contributed by atoms with Crippen LogP contribution in [0.1, 0.15) is 19.4 Å². The molecule has 0 atom stereocenters. The first kappa shape index (κ1) is 13.5. The Morgan fingerprint density at radius 3 is 2.65 bits per heavy atom. The Morgan fingerprint density at radius 2 is 2.18 bits per heavy atom. The minimum absolute atomic E-state index is 0.709. The van der Waals surface area contributed by atoms with Gasteiger partial charge in [-0.05, 0) is 32.1 Å². The zero-order chi connectivity index (χ0) is 12.7. The van der Waals surface area contributed by atoms with Crippen LogP contribution in [0.4, 0.5) is 0 Å². The summed E-state index contributed by atoms with van der Waals surface area (Å²) in [6, 6.07) is 3.89. The highest BCUT2D eigenvalue weighted by Crippen LogP contribution is 2.23. The number of aromatic nitrogens is 1. The molecule has 0 saturated heterocycles. The minimum Gasteiger partial charge on any atom is -0.496 e. The smallest absolute Gasteiger partial charge is 0.126 e. The van der Waals surface area contributed by atoms with Crippen LogP contribution in [-0.2, 0) is 4.74 Å². The van der Waals surface area contributed by atoms with E-state index in [2.05, 4.69) is 4.98 Å². The fourth-order valence-electron chi connectivity index (χ4n) is 1.43. The van der Waals surface area contributed by atoms with Gasteiger partial charge in [0.05, 0.1) is 7.11 Å². The van der Waals surface area contributed by atoms with Crippen LogP contribution in [-0.4, -0.2) is 12.1 Å². The van der Waals surface area contributed by atoms with Crippen molar-refractivity contribution in [1.82, 2.24) is 4.98 Å². The third-order valence-corrected chi connectivity index (χ3v) is 2.34. The van der Waals surface area contributed by atoms with Crippen LogP contribution in [0.2, 0.25) is 0 Å². The zero-order valence-corrected chi connectivity index (χ0v) is 11.0. The minimum atomic E-state index is 0.709. The zero-order valence-electron chi connectivity index (χ0n) is 10.3. The number of allylic oxidation sites excluding steroid dienone is 5. The van der Waals surface area contributed by atoms with Gasteiger partial charge >= 0.3 is 0 Å². The number of methoxy groups -OCH3 is 1. The molecule has 0 N–H and O–H groups in total.